The van der Waals surface area contributed by atoms with E-state index in [0.29, 0.717) is 6.54 Å². The largest absolute Gasteiger partial charge is 0.322 e. The summed E-state index contributed by atoms with van der Waals surface area (Å²) in [6.07, 6.45) is 4.45. The van der Waals surface area contributed by atoms with Gasteiger partial charge in [0.2, 0.25) is 0 Å². The molecular formula is C20H24N2OS. The van der Waals surface area contributed by atoms with Crippen molar-refractivity contribution in [1.29, 1.82) is 0 Å². The summed E-state index contributed by atoms with van der Waals surface area (Å²) in [6, 6.07) is 10.3. The first-order valence-electron chi connectivity index (χ1n) is 8.60. The second-order valence-corrected chi connectivity index (χ2v) is 7.33. The molecule has 0 bridgehead atoms. The van der Waals surface area contributed by atoms with Gasteiger partial charge in [0.1, 0.15) is 5.84 Å². The van der Waals surface area contributed by atoms with Gasteiger partial charge >= 0.3 is 0 Å². The molecule has 126 valence electrons. The third-order valence-corrected chi connectivity index (χ3v) is 5.33. The van der Waals surface area contributed by atoms with Gasteiger partial charge in [-0.1, -0.05) is 24.6 Å². The van der Waals surface area contributed by atoms with E-state index in [1.54, 1.807) is 0 Å². The molecule has 0 aliphatic carbocycles. The van der Waals surface area contributed by atoms with E-state index in [0.717, 1.165) is 42.2 Å². The number of anilines is 1. The number of amidine groups is 1. The van der Waals surface area contributed by atoms with Crippen LogP contribution in [-0.4, -0.2) is 24.7 Å². The summed E-state index contributed by atoms with van der Waals surface area (Å²) < 4.78 is 0. The zero-order valence-electron chi connectivity index (χ0n) is 14.4. The van der Waals surface area contributed by atoms with E-state index in [1.165, 1.54) is 28.9 Å². The summed E-state index contributed by atoms with van der Waals surface area (Å²) in [5.41, 5.74) is 3.51. The standard InChI is InChI=1S/C20H24N2OS/c1-15-9-10-16(2)17(13-15)22(20-8-4-3-5-11-21-20)14-18(23)19-7-6-12-24-19/h6-7,9-10,12-13H,3-5,8,11,14H2,1-2H3. The maximum Gasteiger partial charge on any atom is 0.192 e. The highest BCUT2D eigenvalue weighted by molar-refractivity contribution is 7.12. The third-order valence-electron chi connectivity index (χ3n) is 4.42. The zero-order chi connectivity index (χ0) is 16.9. The highest BCUT2D eigenvalue weighted by atomic mass is 32.1. The van der Waals surface area contributed by atoms with Gasteiger partial charge in [-0.2, -0.15) is 0 Å². The van der Waals surface area contributed by atoms with Crippen LogP contribution in [0.4, 0.5) is 5.69 Å². The lowest BCUT2D eigenvalue weighted by Crippen LogP contribution is -2.36. The molecule has 3 nitrogen and oxygen atoms in total. The van der Waals surface area contributed by atoms with Crippen LogP contribution in [0, 0.1) is 13.8 Å². The van der Waals surface area contributed by atoms with Crippen molar-refractivity contribution in [3.8, 4) is 0 Å². The number of benzene rings is 1. The average molecular weight is 340 g/mol. The van der Waals surface area contributed by atoms with Gasteiger partial charge in [-0.05, 0) is 55.3 Å². The molecular weight excluding hydrogens is 316 g/mol. The van der Waals surface area contributed by atoms with Gasteiger partial charge in [0, 0.05) is 18.7 Å². The first-order valence-corrected chi connectivity index (χ1v) is 9.48. The van der Waals surface area contributed by atoms with Gasteiger partial charge < -0.3 is 4.90 Å². The summed E-state index contributed by atoms with van der Waals surface area (Å²) in [5, 5.41) is 1.96. The molecule has 3 rings (SSSR count). The van der Waals surface area contributed by atoms with Gasteiger partial charge in [-0.15, -0.1) is 11.3 Å². The molecule has 4 heteroatoms. The van der Waals surface area contributed by atoms with E-state index in [1.807, 2.05) is 17.5 Å². The second kappa shape index (κ2) is 7.75. The third kappa shape index (κ3) is 3.93. The summed E-state index contributed by atoms with van der Waals surface area (Å²) in [4.78, 5) is 20.5. The Bertz CT molecular complexity index is 734. The summed E-state index contributed by atoms with van der Waals surface area (Å²) in [6.45, 7) is 5.43. The fourth-order valence-corrected chi connectivity index (χ4v) is 3.72. The molecule has 0 atom stereocenters. The van der Waals surface area contributed by atoms with Crippen molar-refractivity contribution >= 4 is 28.6 Å². The molecule has 0 fully saturated rings. The number of rotatable bonds is 4. The Morgan fingerprint density at radius 3 is 2.88 bits per heavy atom. The molecule has 2 aromatic rings. The van der Waals surface area contributed by atoms with Crippen molar-refractivity contribution in [3.05, 3.63) is 51.7 Å². The van der Waals surface area contributed by atoms with Crippen molar-refractivity contribution in [2.24, 2.45) is 4.99 Å². The number of hydrogen-bond donors (Lipinski definition) is 0. The van der Waals surface area contributed by atoms with Crippen LogP contribution < -0.4 is 4.90 Å². The van der Waals surface area contributed by atoms with Crippen LogP contribution >= 0.6 is 11.3 Å². The van der Waals surface area contributed by atoms with Gasteiger partial charge in [0.15, 0.2) is 5.78 Å². The van der Waals surface area contributed by atoms with Crippen LogP contribution in [-0.2, 0) is 0 Å². The Hall–Kier alpha value is -1.94. The first kappa shape index (κ1) is 16.9. The molecule has 0 N–H and O–H groups in total. The Labute approximate surface area is 148 Å². The van der Waals surface area contributed by atoms with E-state index in [9.17, 15) is 4.79 Å². The van der Waals surface area contributed by atoms with E-state index in [2.05, 4.69) is 36.9 Å². The number of carbonyl (C=O) groups is 1. The number of thiophene rings is 1. The number of ketones is 1. The minimum Gasteiger partial charge on any atom is -0.322 e. The lowest BCUT2D eigenvalue weighted by atomic mass is 10.1. The first-order chi connectivity index (χ1) is 11.6. The van der Waals surface area contributed by atoms with Crippen LogP contribution in [0.2, 0.25) is 0 Å². The van der Waals surface area contributed by atoms with E-state index in [4.69, 9.17) is 4.99 Å². The SMILES string of the molecule is Cc1ccc(C)c(N(CC(=O)c2cccs2)C2=NCCCCC2)c1. The van der Waals surface area contributed by atoms with Crippen molar-refractivity contribution < 1.29 is 4.79 Å². The number of aliphatic imine (C=N–C) groups is 1. The zero-order valence-corrected chi connectivity index (χ0v) is 15.2. The maximum atomic E-state index is 12.7. The summed E-state index contributed by atoms with van der Waals surface area (Å²) >= 11 is 1.51. The highest BCUT2D eigenvalue weighted by Gasteiger charge is 2.21. The van der Waals surface area contributed by atoms with E-state index in [-0.39, 0.29) is 5.78 Å². The monoisotopic (exact) mass is 340 g/mol. The van der Waals surface area contributed by atoms with Crippen LogP contribution in [0.5, 0.6) is 0 Å². The van der Waals surface area contributed by atoms with E-state index < -0.39 is 0 Å². The van der Waals surface area contributed by atoms with Crippen LogP contribution in [0.25, 0.3) is 0 Å². The fourth-order valence-electron chi connectivity index (χ4n) is 3.06. The molecule has 0 saturated carbocycles. The number of Topliss-reactive ketones (excluding diaryl/α,β-unsaturated/α-hetero) is 1. The lowest BCUT2D eigenvalue weighted by Gasteiger charge is -2.27. The van der Waals surface area contributed by atoms with Gasteiger partial charge in [0.05, 0.1) is 11.4 Å². The molecule has 1 aliphatic heterocycles. The quantitative estimate of drug-likeness (QED) is 0.732. The molecule has 2 heterocycles. The van der Waals surface area contributed by atoms with Crippen LogP contribution in [0.1, 0.15) is 46.5 Å². The minimum absolute atomic E-state index is 0.165. The van der Waals surface area contributed by atoms with Crippen molar-refractivity contribution in [2.45, 2.75) is 39.5 Å². The molecule has 24 heavy (non-hydrogen) atoms. The minimum atomic E-state index is 0.165. The molecule has 1 aromatic heterocycles. The molecule has 0 amide bonds. The Morgan fingerprint density at radius 2 is 2.08 bits per heavy atom. The molecule has 0 saturated heterocycles. The Kier molecular flexibility index (Phi) is 5.46. The number of carbonyl (C=O) groups excluding carboxylic acids is 1. The van der Waals surface area contributed by atoms with Crippen molar-refractivity contribution in [1.82, 2.24) is 0 Å². The van der Waals surface area contributed by atoms with Crippen molar-refractivity contribution in [3.63, 3.8) is 0 Å². The fraction of sp³-hybridized carbons (Fsp3) is 0.400. The summed E-state index contributed by atoms with van der Waals surface area (Å²) in [7, 11) is 0. The maximum absolute atomic E-state index is 12.7. The van der Waals surface area contributed by atoms with Crippen molar-refractivity contribution in [2.75, 3.05) is 18.0 Å². The molecule has 1 aliphatic rings. The molecule has 0 spiro atoms. The number of nitrogens with zero attached hydrogens (tertiary/aromatic N) is 2. The Morgan fingerprint density at radius 1 is 1.21 bits per heavy atom. The van der Waals surface area contributed by atoms with E-state index >= 15 is 0 Å². The molecule has 0 radical (unpaired) electrons. The Balaban J connectivity index is 1.95. The smallest absolute Gasteiger partial charge is 0.192 e. The van der Waals surface area contributed by atoms with Gasteiger partial charge in [0.25, 0.3) is 0 Å². The predicted octanol–water partition coefficient (Wildman–Crippen LogP) is 5.03. The summed E-state index contributed by atoms with van der Waals surface area (Å²) in [5.74, 6) is 1.23. The second-order valence-electron chi connectivity index (χ2n) is 6.39. The number of aryl methyl sites for hydroxylation is 2. The normalized spacial score (nSPS) is 14.8. The topological polar surface area (TPSA) is 32.7 Å². The average Bonchev–Trinajstić information content (AvgIpc) is 2.98. The van der Waals surface area contributed by atoms with Gasteiger partial charge in [-0.25, -0.2) is 0 Å². The lowest BCUT2D eigenvalue weighted by molar-refractivity contribution is 0.101. The van der Waals surface area contributed by atoms with Gasteiger partial charge in [-0.3, -0.25) is 9.79 Å². The van der Waals surface area contributed by atoms with Crippen LogP contribution in [0.3, 0.4) is 0 Å². The molecule has 0 unspecified atom stereocenters. The molecule has 1 aromatic carbocycles. The predicted molar refractivity (Wildman–Crippen MR) is 103 cm³/mol. The highest BCUT2D eigenvalue weighted by Crippen LogP contribution is 2.25. The number of hydrogen-bond acceptors (Lipinski definition) is 4. The van der Waals surface area contributed by atoms with Crippen LogP contribution in [0.15, 0.2) is 40.7 Å².